The Morgan fingerprint density at radius 1 is 1.24 bits per heavy atom. The summed E-state index contributed by atoms with van der Waals surface area (Å²) >= 11 is 0. The second-order valence-electron chi connectivity index (χ2n) is 5.35. The number of amides is 2. The number of fused-ring (bicyclic) bond motifs is 1. The highest BCUT2D eigenvalue weighted by Crippen LogP contribution is 2.30. The fourth-order valence-corrected chi connectivity index (χ4v) is 2.72. The van der Waals surface area contributed by atoms with Gasteiger partial charge in [0, 0.05) is 11.1 Å². The van der Waals surface area contributed by atoms with E-state index in [4.69, 9.17) is 0 Å². The van der Waals surface area contributed by atoms with Crippen LogP contribution in [0.5, 0.6) is 0 Å². The van der Waals surface area contributed by atoms with Crippen molar-refractivity contribution in [1.29, 1.82) is 0 Å². The lowest BCUT2D eigenvalue weighted by Crippen LogP contribution is -2.29. The van der Waals surface area contributed by atoms with Gasteiger partial charge in [-0.25, -0.2) is 13.1 Å². The average Bonchev–Trinajstić information content (AvgIpc) is 2.71. The van der Waals surface area contributed by atoms with Crippen molar-refractivity contribution in [2.24, 2.45) is 4.99 Å². The molecular formula is C15H13N5O4S. The van der Waals surface area contributed by atoms with Crippen LogP contribution in [-0.4, -0.2) is 42.4 Å². The van der Waals surface area contributed by atoms with Crippen LogP contribution in [0.1, 0.15) is 22.3 Å². The number of nitrogens with zero attached hydrogens (tertiary/aromatic N) is 3. The van der Waals surface area contributed by atoms with Gasteiger partial charge in [-0.05, 0) is 24.3 Å². The quantitative estimate of drug-likeness (QED) is 0.826. The molecule has 10 heteroatoms. The highest BCUT2D eigenvalue weighted by Gasteiger charge is 2.19. The number of aromatic nitrogens is 2. The van der Waals surface area contributed by atoms with Gasteiger partial charge in [0.05, 0.1) is 42.2 Å². The molecular weight excluding hydrogens is 346 g/mol. The number of anilines is 1. The zero-order valence-electron chi connectivity index (χ0n) is 13.1. The van der Waals surface area contributed by atoms with Gasteiger partial charge in [0.25, 0.3) is 5.91 Å². The van der Waals surface area contributed by atoms with Crippen LogP contribution < -0.4 is 10.0 Å². The first kappa shape index (κ1) is 16.7. The molecule has 0 saturated carbocycles. The van der Waals surface area contributed by atoms with Gasteiger partial charge in [-0.3, -0.25) is 14.6 Å². The van der Waals surface area contributed by atoms with Crippen LogP contribution in [0, 0.1) is 0 Å². The van der Waals surface area contributed by atoms with Gasteiger partial charge >= 0.3 is 0 Å². The summed E-state index contributed by atoms with van der Waals surface area (Å²) in [5.41, 5.74) is 2.04. The molecule has 0 bridgehead atoms. The van der Waals surface area contributed by atoms with Crippen LogP contribution in [0.15, 0.2) is 41.7 Å². The molecule has 0 aliphatic carbocycles. The van der Waals surface area contributed by atoms with Gasteiger partial charge in [-0.1, -0.05) is 0 Å². The van der Waals surface area contributed by atoms with Crippen molar-refractivity contribution in [2.75, 3.05) is 11.6 Å². The van der Waals surface area contributed by atoms with Crippen LogP contribution >= 0.6 is 0 Å². The molecule has 0 radical (unpaired) electrons. The van der Waals surface area contributed by atoms with Crippen molar-refractivity contribution in [3.8, 4) is 0 Å². The first-order valence-corrected chi connectivity index (χ1v) is 9.01. The summed E-state index contributed by atoms with van der Waals surface area (Å²) in [6.45, 7) is 0. The molecule has 0 unspecified atom stereocenters. The van der Waals surface area contributed by atoms with E-state index in [0.717, 1.165) is 6.26 Å². The number of rotatable bonds is 3. The molecule has 0 spiro atoms. The van der Waals surface area contributed by atoms with Crippen molar-refractivity contribution in [3.05, 3.63) is 47.8 Å². The number of carbonyl (C=O) groups is 2. The number of hydrogen-bond donors (Lipinski definition) is 2. The lowest BCUT2D eigenvalue weighted by atomic mass is 10.1. The summed E-state index contributed by atoms with van der Waals surface area (Å²) in [5.74, 6) is -1.10. The maximum Gasteiger partial charge on any atom is 0.264 e. The van der Waals surface area contributed by atoms with Crippen molar-refractivity contribution >= 4 is 38.9 Å². The largest absolute Gasteiger partial charge is 0.324 e. The highest BCUT2D eigenvalue weighted by molar-refractivity contribution is 7.89. The molecule has 0 atom stereocenters. The number of hydrogen-bond acceptors (Lipinski definition) is 7. The maximum atomic E-state index is 12.1. The molecule has 128 valence electrons. The van der Waals surface area contributed by atoms with E-state index in [-0.39, 0.29) is 17.9 Å². The summed E-state index contributed by atoms with van der Waals surface area (Å²) in [6.07, 6.45) is 3.92. The fourth-order valence-electron chi connectivity index (χ4n) is 2.26. The van der Waals surface area contributed by atoms with Gasteiger partial charge in [0.15, 0.2) is 0 Å². The minimum Gasteiger partial charge on any atom is -0.324 e. The Morgan fingerprint density at radius 3 is 2.72 bits per heavy atom. The first-order chi connectivity index (χ1) is 11.8. The van der Waals surface area contributed by atoms with Crippen molar-refractivity contribution in [3.63, 3.8) is 0 Å². The minimum absolute atomic E-state index is 0.0330. The van der Waals surface area contributed by atoms with E-state index in [9.17, 15) is 18.0 Å². The van der Waals surface area contributed by atoms with E-state index in [2.05, 4.69) is 20.5 Å². The molecule has 1 aromatic carbocycles. The fraction of sp³-hybridized carbons (Fsp3) is 0.133. The minimum atomic E-state index is -3.68. The van der Waals surface area contributed by atoms with Gasteiger partial charge in [-0.2, -0.15) is 10.2 Å². The Hall–Kier alpha value is -3.14. The summed E-state index contributed by atoms with van der Waals surface area (Å²) in [6, 6.07) is 6.04. The summed E-state index contributed by atoms with van der Waals surface area (Å²) in [4.78, 5) is 28.5. The number of aliphatic imine (C=N–C) groups is 1. The number of carbonyl (C=O) groups excluding carboxylic acids is 2. The SMILES string of the molecule is CS(=O)(=O)NC(=O)c1ccc2c(c1)NC(=O)CC(c1ccnnc1)=N2. The van der Waals surface area contributed by atoms with E-state index < -0.39 is 15.9 Å². The summed E-state index contributed by atoms with van der Waals surface area (Å²) in [7, 11) is -3.68. The normalized spacial score (nSPS) is 14.0. The molecule has 2 amide bonds. The van der Waals surface area contributed by atoms with Crippen molar-refractivity contribution < 1.29 is 18.0 Å². The third-order valence-corrected chi connectivity index (χ3v) is 3.87. The van der Waals surface area contributed by atoms with Crippen molar-refractivity contribution in [2.45, 2.75) is 6.42 Å². The molecule has 0 saturated heterocycles. The van der Waals surface area contributed by atoms with E-state index in [0.29, 0.717) is 22.6 Å². The van der Waals surface area contributed by atoms with Crippen LogP contribution in [-0.2, 0) is 14.8 Å². The Balaban J connectivity index is 1.99. The Bertz CT molecular complexity index is 986. The smallest absolute Gasteiger partial charge is 0.264 e. The predicted octanol–water partition coefficient (Wildman–Crippen LogP) is 0.629. The Labute approximate surface area is 143 Å². The number of nitrogens with one attached hydrogen (secondary N) is 2. The standard InChI is InChI=1S/C15H13N5O4S/c1-25(23,24)20-15(22)9-2-3-11-13(6-9)19-14(21)7-12(18-11)10-4-5-16-17-8-10/h2-6,8H,7H2,1H3,(H,19,21)(H,20,22). The van der Waals surface area contributed by atoms with E-state index in [1.165, 1.54) is 30.6 Å². The van der Waals surface area contributed by atoms with Crippen molar-refractivity contribution in [1.82, 2.24) is 14.9 Å². The van der Waals surface area contributed by atoms with Gasteiger partial charge < -0.3 is 5.32 Å². The maximum absolute atomic E-state index is 12.1. The molecule has 2 N–H and O–H groups in total. The molecule has 0 fully saturated rings. The molecule has 2 aromatic rings. The third-order valence-electron chi connectivity index (χ3n) is 3.31. The van der Waals surface area contributed by atoms with Crippen LogP contribution in [0.25, 0.3) is 0 Å². The average molecular weight is 359 g/mol. The molecule has 9 nitrogen and oxygen atoms in total. The summed E-state index contributed by atoms with van der Waals surface area (Å²) < 4.78 is 24.2. The van der Waals surface area contributed by atoms with Gasteiger partial charge in [0.1, 0.15) is 0 Å². The molecule has 2 heterocycles. The second kappa shape index (κ2) is 6.40. The molecule has 1 aliphatic rings. The first-order valence-electron chi connectivity index (χ1n) is 7.12. The van der Waals surface area contributed by atoms with E-state index >= 15 is 0 Å². The lowest BCUT2D eigenvalue weighted by Gasteiger charge is -2.08. The molecule has 3 rings (SSSR count). The van der Waals surface area contributed by atoms with Gasteiger partial charge in [0.2, 0.25) is 15.9 Å². The lowest BCUT2D eigenvalue weighted by molar-refractivity contribution is -0.115. The monoisotopic (exact) mass is 359 g/mol. The van der Waals surface area contributed by atoms with Crippen LogP contribution in [0.2, 0.25) is 0 Å². The molecule has 1 aliphatic heterocycles. The zero-order valence-corrected chi connectivity index (χ0v) is 13.9. The molecule has 25 heavy (non-hydrogen) atoms. The number of sulfonamides is 1. The second-order valence-corrected chi connectivity index (χ2v) is 7.10. The Morgan fingerprint density at radius 2 is 2.04 bits per heavy atom. The Kier molecular flexibility index (Phi) is 4.28. The van der Waals surface area contributed by atoms with E-state index in [1.54, 1.807) is 6.07 Å². The summed E-state index contributed by atoms with van der Waals surface area (Å²) in [5, 5.41) is 10.1. The topological polar surface area (TPSA) is 130 Å². The number of benzene rings is 1. The molecule has 1 aromatic heterocycles. The van der Waals surface area contributed by atoms with E-state index in [1.807, 2.05) is 4.72 Å². The third kappa shape index (κ3) is 4.04. The predicted molar refractivity (Wildman–Crippen MR) is 90.2 cm³/mol. The highest BCUT2D eigenvalue weighted by atomic mass is 32.2. The van der Waals surface area contributed by atoms with Crippen LogP contribution in [0.3, 0.4) is 0 Å². The zero-order chi connectivity index (χ0) is 18.0. The van der Waals surface area contributed by atoms with Gasteiger partial charge in [-0.15, -0.1) is 0 Å². The van der Waals surface area contributed by atoms with Crippen LogP contribution in [0.4, 0.5) is 11.4 Å².